The molecule has 1 aliphatic rings. The van der Waals surface area contributed by atoms with Crippen molar-refractivity contribution in [1.82, 2.24) is 15.6 Å². The van der Waals surface area contributed by atoms with E-state index in [0.29, 0.717) is 11.1 Å². The zero-order valence-corrected chi connectivity index (χ0v) is 13.5. The minimum absolute atomic E-state index is 0. The van der Waals surface area contributed by atoms with Crippen molar-refractivity contribution in [2.24, 2.45) is 0 Å². The Bertz CT molecular complexity index is 726. The first-order valence-corrected chi connectivity index (χ1v) is 7.27. The first kappa shape index (κ1) is 16.0. The normalized spacial score (nSPS) is 17.5. The van der Waals surface area contributed by atoms with E-state index in [4.69, 9.17) is 0 Å². The molecule has 1 saturated heterocycles. The molecule has 1 amide bonds. The molecule has 1 aromatic carbocycles. The Balaban J connectivity index is 0.00000161. The lowest BCUT2D eigenvalue weighted by Crippen LogP contribution is -2.36. The molecule has 1 aliphatic heterocycles. The van der Waals surface area contributed by atoms with Crippen LogP contribution in [0.15, 0.2) is 33.5 Å². The Labute approximate surface area is 136 Å². The highest BCUT2D eigenvalue weighted by molar-refractivity contribution is 9.10. The Kier molecular flexibility index (Phi) is 5.03. The fourth-order valence-electron chi connectivity index (χ4n) is 2.47. The third-order valence-corrected chi connectivity index (χ3v) is 4.13. The number of pyridine rings is 1. The van der Waals surface area contributed by atoms with Gasteiger partial charge >= 0.3 is 0 Å². The lowest BCUT2D eigenvalue weighted by atomic mass is 10.1. The number of H-pyrrole nitrogens is 1. The Morgan fingerprint density at radius 3 is 2.90 bits per heavy atom. The number of fused-ring (bicyclic) bond motifs is 1. The highest BCUT2D eigenvalue weighted by Crippen LogP contribution is 2.23. The number of halogens is 2. The molecule has 3 N–H and O–H groups in total. The van der Waals surface area contributed by atoms with Crippen molar-refractivity contribution in [3.8, 4) is 0 Å². The van der Waals surface area contributed by atoms with Crippen molar-refractivity contribution in [1.29, 1.82) is 0 Å². The van der Waals surface area contributed by atoms with E-state index in [2.05, 4.69) is 31.5 Å². The van der Waals surface area contributed by atoms with Crippen LogP contribution < -0.4 is 16.2 Å². The van der Waals surface area contributed by atoms with Crippen LogP contribution in [0.2, 0.25) is 0 Å². The number of carbonyl (C=O) groups excluding carboxylic acids is 1. The summed E-state index contributed by atoms with van der Waals surface area (Å²) in [5.41, 5.74) is 0.783. The molecule has 1 atom stereocenters. The average molecular weight is 373 g/mol. The summed E-state index contributed by atoms with van der Waals surface area (Å²) in [4.78, 5) is 26.9. The van der Waals surface area contributed by atoms with Crippen molar-refractivity contribution in [3.05, 3.63) is 44.7 Å². The topological polar surface area (TPSA) is 74.0 Å². The first-order valence-electron chi connectivity index (χ1n) is 6.48. The number of benzene rings is 1. The van der Waals surface area contributed by atoms with Gasteiger partial charge in [0.1, 0.15) is 0 Å². The van der Waals surface area contributed by atoms with Crippen LogP contribution in [0.25, 0.3) is 10.9 Å². The maximum atomic E-state index is 12.4. The molecule has 5 nitrogen and oxygen atoms in total. The van der Waals surface area contributed by atoms with Crippen molar-refractivity contribution in [2.45, 2.75) is 12.5 Å². The van der Waals surface area contributed by atoms with E-state index >= 15 is 0 Å². The third-order valence-electron chi connectivity index (χ3n) is 3.47. The van der Waals surface area contributed by atoms with Crippen molar-refractivity contribution >= 4 is 45.1 Å². The van der Waals surface area contributed by atoms with E-state index in [9.17, 15) is 9.59 Å². The number of rotatable bonds is 2. The molecule has 2 aromatic rings. The molecule has 1 unspecified atom stereocenters. The van der Waals surface area contributed by atoms with Crippen LogP contribution in [-0.4, -0.2) is 30.0 Å². The highest BCUT2D eigenvalue weighted by Gasteiger charge is 2.19. The van der Waals surface area contributed by atoms with Gasteiger partial charge in [0, 0.05) is 28.5 Å². The second kappa shape index (κ2) is 6.60. The van der Waals surface area contributed by atoms with Crippen LogP contribution in [0.3, 0.4) is 0 Å². The molecule has 0 radical (unpaired) electrons. The lowest BCUT2D eigenvalue weighted by molar-refractivity contribution is 0.0941. The van der Waals surface area contributed by atoms with Gasteiger partial charge in [0.2, 0.25) is 5.56 Å². The highest BCUT2D eigenvalue weighted by atomic mass is 79.9. The van der Waals surface area contributed by atoms with E-state index in [1.54, 1.807) is 0 Å². The average Bonchev–Trinajstić information content (AvgIpc) is 2.92. The summed E-state index contributed by atoms with van der Waals surface area (Å²) in [6, 6.07) is 6.99. The van der Waals surface area contributed by atoms with E-state index in [1.807, 2.05) is 18.2 Å². The fraction of sp³-hybridized carbons (Fsp3) is 0.286. The Morgan fingerprint density at radius 1 is 1.38 bits per heavy atom. The number of hydrogen-bond acceptors (Lipinski definition) is 3. The van der Waals surface area contributed by atoms with Gasteiger partial charge in [0.15, 0.2) is 0 Å². The van der Waals surface area contributed by atoms with E-state index in [-0.39, 0.29) is 29.9 Å². The Morgan fingerprint density at radius 2 is 2.19 bits per heavy atom. The van der Waals surface area contributed by atoms with Gasteiger partial charge in [0.05, 0.1) is 11.1 Å². The summed E-state index contributed by atoms with van der Waals surface area (Å²) in [6.07, 6.45) is 0.913. The predicted molar refractivity (Wildman–Crippen MR) is 88.3 cm³/mol. The maximum absolute atomic E-state index is 12.4. The molecular weight excluding hydrogens is 358 g/mol. The molecule has 1 aromatic heterocycles. The predicted octanol–water partition coefficient (Wildman–Crippen LogP) is 1.80. The molecular formula is C14H15BrClN3O2. The zero-order chi connectivity index (χ0) is 14.1. The molecule has 21 heavy (non-hydrogen) atoms. The molecule has 7 heteroatoms. The van der Waals surface area contributed by atoms with Gasteiger partial charge in [0.25, 0.3) is 5.91 Å². The molecule has 0 spiro atoms. The summed E-state index contributed by atoms with van der Waals surface area (Å²) in [5, 5.41) is 6.90. The smallest absolute Gasteiger partial charge is 0.252 e. The van der Waals surface area contributed by atoms with Gasteiger partial charge in [-0.25, -0.2) is 0 Å². The van der Waals surface area contributed by atoms with Gasteiger partial charge in [-0.15, -0.1) is 12.4 Å². The summed E-state index contributed by atoms with van der Waals surface area (Å²) in [6.45, 7) is 1.68. The fourth-order valence-corrected chi connectivity index (χ4v) is 2.94. The zero-order valence-electron chi connectivity index (χ0n) is 11.1. The van der Waals surface area contributed by atoms with Crippen LogP contribution in [0.1, 0.15) is 16.8 Å². The molecule has 1 fully saturated rings. The van der Waals surface area contributed by atoms with E-state index in [1.165, 1.54) is 6.07 Å². The second-order valence-electron chi connectivity index (χ2n) is 4.87. The van der Waals surface area contributed by atoms with Gasteiger partial charge in [-0.3, -0.25) is 9.59 Å². The van der Waals surface area contributed by atoms with Crippen LogP contribution in [-0.2, 0) is 0 Å². The molecule has 3 rings (SSSR count). The number of carbonyl (C=O) groups is 1. The molecule has 0 aliphatic carbocycles. The SMILES string of the molecule is Cl.O=C(NC1CCNC1)c1cc(=O)[nH]c2c(Br)cccc12. The minimum atomic E-state index is -0.279. The molecule has 0 saturated carbocycles. The summed E-state index contributed by atoms with van der Waals surface area (Å²) in [5.74, 6) is -0.201. The van der Waals surface area contributed by atoms with Crippen LogP contribution >= 0.6 is 28.3 Å². The van der Waals surface area contributed by atoms with Gasteiger partial charge in [-0.2, -0.15) is 0 Å². The van der Waals surface area contributed by atoms with Crippen LogP contribution in [0, 0.1) is 0 Å². The van der Waals surface area contributed by atoms with Crippen molar-refractivity contribution in [3.63, 3.8) is 0 Å². The second-order valence-corrected chi connectivity index (χ2v) is 5.73. The van der Waals surface area contributed by atoms with Gasteiger partial charge < -0.3 is 15.6 Å². The number of nitrogens with one attached hydrogen (secondary N) is 3. The number of aromatic amines is 1. The van der Waals surface area contributed by atoms with E-state index < -0.39 is 0 Å². The molecule has 0 bridgehead atoms. The Hall–Kier alpha value is -1.37. The van der Waals surface area contributed by atoms with Crippen molar-refractivity contribution in [2.75, 3.05) is 13.1 Å². The summed E-state index contributed by atoms with van der Waals surface area (Å²) in [7, 11) is 0. The lowest BCUT2D eigenvalue weighted by Gasteiger charge is -2.12. The summed E-state index contributed by atoms with van der Waals surface area (Å²) >= 11 is 3.39. The summed E-state index contributed by atoms with van der Waals surface area (Å²) < 4.78 is 0.768. The van der Waals surface area contributed by atoms with Crippen LogP contribution in [0.4, 0.5) is 0 Å². The largest absolute Gasteiger partial charge is 0.348 e. The van der Waals surface area contributed by atoms with Gasteiger partial charge in [-0.1, -0.05) is 12.1 Å². The standard InChI is InChI=1S/C14H14BrN3O2.ClH/c15-11-3-1-2-9-10(6-12(19)18-13(9)11)14(20)17-8-4-5-16-7-8;/h1-3,6,8,16H,4-5,7H2,(H,17,20)(H,18,19);1H. The third kappa shape index (κ3) is 3.28. The quantitative estimate of drug-likeness (QED) is 0.752. The maximum Gasteiger partial charge on any atom is 0.252 e. The molecule has 112 valence electrons. The van der Waals surface area contributed by atoms with E-state index in [0.717, 1.165) is 29.4 Å². The number of amides is 1. The van der Waals surface area contributed by atoms with Crippen LogP contribution in [0.5, 0.6) is 0 Å². The number of hydrogen-bond donors (Lipinski definition) is 3. The number of aromatic nitrogens is 1. The van der Waals surface area contributed by atoms with Gasteiger partial charge in [-0.05, 0) is 35.0 Å². The first-order chi connectivity index (χ1) is 9.65. The monoisotopic (exact) mass is 371 g/mol. The van der Waals surface area contributed by atoms with Crippen molar-refractivity contribution < 1.29 is 4.79 Å². The molecule has 2 heterocycles. The minimum Gasteiger partial charge on any atom is -0.348 e. The number of para-hydroxylation sites is 1.